The van der Waals surface area contributed by atoms with Gasteiger partial charge in [0.15, 0.2) is 0 Å². The molecule has 2 amide bonds. The molecule has 164 valence electrons. The Bertz CT molecular complexity index is 836. The molecule has 0 radical (unpaired) electrons. The first kappa shape index (κ1) is 22.9. The van der Waals surface area contributed by atoms with Crippen molar-refractivity contribution in [1.29, 1.82) is 0 Å². The predicted molar refractivity (Wildman–Crippen MR) is 114 cm³/mol. The molecule has 2 atom stereocenters. The molecule has 1 aliphatic carbocycles. The Hall–Kier alpha value is -2.82. The van der Waals surface area contributed by atoms with E-state index in [0.29, 0.717) is 12.8 Å². The number of benzene rings is 1. The lowest BCUT2D eigenvalue weighted by Crippen LogP contribution is -2.55. The fraction of sp³-hybridized carbons (Fsp3) is 0.429. The molecule has 9 nitrogen and oxygen atoms in total. The van der Waals surface area contributed by atoms with Crippen LogP contribution >= 0.6 is 0 Å². The molecule has 0 bridgehead atoms. The number of ether oxygens (including phenoxy) is 1. The van der Waals surface area contributed by atoms with Gasteiger partial charge in [-0.2, -0.15) is 0 Å². The molecule has 2 aromatic rings. The van der Waals surface area contributed by atoms with E-state index in [2.05, 4.69) is 20.6 Å². The summed E-state index contributed by atoms with van der Waals surface area (Å²) in [6, 6.07) is 8.82. The molecule has 4 N–H and O–H groups in total. The number of carbonyl (C=O) groups is 2. The number of aryl methyl sites for hydroxylation is 1. The summed E-state index contributed by atoms with van der Waals surface area (Å²) in [4.78, 5) is 33.0. The highest BCUT2D eigenvalue weighted by Gasteiger charge is 2.31. The van der Waals surface area contributed by atoms with Gasteiger partial charge in [0.1, 0.15) is 11.7 Å². The maximum atomic E-state index is 12.8. The van der Waals surface area contributed by atoms with Crippen molar-refractivity contribution in [3.63, 3.8) is 0 Å². The molecule has 0 aliphatic heterocycles. The van der Waals surface area contributed by atoms with Gasteiger partial charge in [-0.1, -0.05) is 30.3 Å². The Morgan fingerprint density at radius 2 is 1.94 bits per heavy atom. The van der Waals surface area contributed by atoms with Crippen LogP contribution in [0.1, 0.15) is 41.7 Å². The van der Waals surface area contributed by atoms with Crippen molar-refractivity contribution in [1.82, 2.24) is 20.6 Å². The zero-order valence-electron chi connectivity index (χ0n) is 17.2. The zero-order valence-corrected chi connectivity index (χ0v) is 17.2. The Balaban J connectivity index is 1.57. The molecule has 1 saturated carbocycles. The third kappa shape index (κ3) is 7.74. The number of hydrogen-bond acceptors (Lipinski definition) is 7. The van der Waals surface area contributed by atoms with E-state index >= 15 is 0 Å². The van der Waals surface area contributed by atoms with Crippen molar-refractivity contribution in [2.45, 2.75) is 50.2 Å². The SMILES string of the molecule is O=C(NC(COC1CC1)C(=O)N[C@@H](CCCc1ccccc1)B(O)O)c1cnccn1. The molecule has 1 heterocycles. The van der Waals surface area contributed by atoms with Crippen LogP contribution in [-0.2, 0) is 16.0 Å². The smallest absolute Gasteiger partial charge is 0.426 e. The van der Waals surface area contributed by atoms with Gasteiger partial charge in [-0.25, -0.2) is 4.98 Å². The molecule has 1 aromatic carbocycles. The molecule has 1 aromatic heterocycles. The van der Waals surface area contributed by atoms with E-state index in [1.54, 1.807) is 0 Å². The van der Waals surface area contributed by atoms with Gasteiger partial charge in [0, 0.05) is 12.4 Å². The number of aromatic nitrogens is 2. The van der Waals surface area contributed by atoms with Gasteiger partial charge in [-0.15, -0.1) is 0 Å². The minimum absolute atomic E-state index is 0.0131. The van der Waals surface area contributed by atoms with Crippen molar-refractivity contribution < 1.29 is 24.4 Å². The molecule has 0 spiro atoms. The molecule has 1 unspecified atom stereocenters. The van der Waals surface area contributed by atoms with Gasteiger partial charge >= 0.3 is 7.12 Å². The van der Waals surface area contributed by atoms with Gasteiger partial charge in [-0.05, 0) is 37.7 Å². The van der Waals surface area contributed by atoms with E-state index in [-0.39, 0.29) is 18.4 Å². The summed E-state index contributed by atoms with van der Waals surface area (Å²) >= 11 is 0. The third-order valence-corrected chi connectivity index (χ3v) is 4.95. The van der Waals surface area contributed by atoms with Crippen LogP contribution in [0.15, 0.2) is 48.9 Å². The van der Waals surface area contributed by atoms with Crippen molar-refractivity contribution in [2.24, 2.45) is 0 Å². The van der Waals surface area contributed by atoms with E-state index in [9.17, 15) is 19.6 Å². The summed E-state index contributed by atoms with van der Waals surface area (Å²) in [5.74, 6) is -1.97. The second-order valence-electron chi connectivity index (χ2n) is 7.56. The monoisotopic (exact) mass is 426 g/mol. The normalized spacial score (nSPS) is 15.0. The number of rotatable bonds is 12. The van der Waals surface area contributed by atoms with Gasteiger partial charge < -0.3 is 25.4 Å². The van der Waals surface area contributed by atoms with E-state index in [1.807, 2.05) is 30.3 Å². The van der Waals surface area contributed by atoms with Crippen molar-refractivity contribution in [3.8, 4) is 0 Å². The molecule has 0 saturated heterocycles. The predicted octanol–water partition coefficient (Wildman–Crippen LogP) is 0.274. The van der Waals surface area contributed by atoms with Crippen LogP contribution in [0.4, 0.5) is 0 Å². The summed E-state index contributed by atoms with van der Waals surface area (Å²) in [6.07, 6.45) is 7.83. The summed E-state index contributed by atoms with van der Waals surface area (Å²) in [5.41, 5.74) is 1.21. The highest BCUT2D eigenvalue weighted by molar-refractivity contribution is 6.43. The van der Waals surface area contributed by atoms with Gasteiger partial charge in [0.2, 0.25) is 5.91 Å². The minimum atomic E-state index is -1.72. The number of amides is 2. The molecular formula is C21H27BN4O5. The second-order valence-corrected chi connectivity index (χ2v) is 7.56. The minimum Gasteiger partial charge on any atom is -0.426 e. The second kappa shape index (κ2) is 11.5. The standard InChI is InChI=1S/C21H27BN4O5/c27-20(17-13-23-11-12-24-17)25-18(14-31-16-9-10-16)21(28)26-19(22(29)30)8-4-7-15-5-2-1-3-6-15/h1-3,5-6,11-13,16,18-19,29-30H,4,7-10,14H2,(H,25,27)(H,26,28)/t18?,19-/m0/s1. The lowest BCUT2D eigenvalue weighted by molar-refractivity contribution is -0.125. The maximum absolute atomic E-state index is 12.8. The molecule has 10 heteroatoms. The summed E-state index contributed by atoms with van der Waals surface area (Å²) in [7, 11) is -1.72. The molecular weight excluding hydrogens is 399 g/mol. The average molecular weight is 426 g/mol. The fourth-order valence-electron chi connectivity index (χ4n) is 3.05. The highest BCUT2D eigenvalue weighted by atomic mass is 16.5. The Morgan fingerprint density at radius 3 is 2.58 bits per heavy atom. The zero-order chi connectivity index (χ0) is 22.1. The summed E-state index contributed by atoms with van der Waals surface area (Å²) in [6.45, 7) is -0.0131. The van der Waals surface area contributed by atoms with Crippen molar-refractivity contribution >= 4 is 18.9 Å². The van der Waals surface area contributed by atoms with E-state index < -0.39 is 30.9 Å². The fourth-order valence-corrected chi connectivity index (χ4v) is 3.05. The largest absolute Gasteiger partial charge is 0.475 e. The van der Waals surface area contributed by atoms with Crippen molar-refractivity contribution in [3.05, 3.63) is 60.2 Å². The number of hydrogen-bond donors (Lipinski definition) is 4. The van der Waals surface area contributed by atoms with Crippen LogP contribution in [0.3, 0.4) is 0 Å². The molecule has 1 fully saturated rings. The topological polar surface area (TPSA) is 134 Å². The quantitative estimate of drug-likeness (QED) is 0.358. The Kier molecular flexibility index (Phi) is 8.51. The van der Waals surface area contributed by atoms with E-state index in [4.69, 9.17) is 4.74 Å². The lowest BCUT2D eigenvalue weighted by Gasteiger charge is -2.23. The van der Waals surface area contributed by atoms with Gasteiger partial charge in [-0.3, -0.25) is 14.6 Å². The first-order valence-electron chi connectivity index (χ1n) is 10.4. The van der Waals surface area contributed by atoms with Gasteiger partial charge in [0.25, 0.3) is 5.91 Å². The van der Waals surface area contributed by atoms with Crippen LogP contribution in [0.2, 0.25) is 0 Å². The molecule has 3 rings (SSSR count). The average Bonchev–Trinajstić information content (AvgIpc) is 3.61. The Labute approximate surface area is 181 Å². The van der Waals surface area contributed by atoms with Gasteiger partial charge in [0.05, 0.1) is 24.8 Å². The molecule has 1 aliphatic rings. The van der Waals surface area contributed by atoms with Crippen LogP contribution in [-0.4, -0.2) is 63.6 Å². The number of nitrogens with one attached hydrogen (secondary N) is 2. The van der Waals surface area contributed by atoms with Crippen LogP contribution in [0.25, 0.3) is 0 Å². The lowest BCUT2D eigenvalue weighted by atomic mass is 9.76. The first-order chi connectivity index (χ1) is 15.0. The summed E-state index contributed by atoms with van der Waals surface area (Å²) in [5, 5.41) is 24.7. The maximum Gasteiger partial charge on any atom is 0.475 e. The first-order valence-corrected chi connectivity index (χ1v) is 10.4. The van der Waals surface area contributed by atoms with Crippen LogP contribution in [0, 0.1) is 0 Å². The van der Waals surface area contributed by atoms with Crippen molar-refractivity contribution in [2.75, 3.05) is 6.61 Å². The van der Waals surface area contributed by atoms with Crippen LogP contribution < -0.4 is 10.6 Å². The van der Waals surface area contributed by atoms with E-state index in [1.165, 1.54) is 18.6 Å². The summed E-state index contributed by atoms with van der Waals surface area (Å²) < 4.78 is 5.62. The molecule has 31 heavy (non-hydrogen) atoms. The number of nitrogens with zero attached hydrogens (tertiary/aromatic N) is 2. The Morgan fingerprint density at radius 1 is 1.16 bits per heavy atom. The highest BCUT2D eigenvalue weighted by Crippen LogP contribution is 2.23. The van der Waals surface area contributed by atoms with Crippen LogP contribution in [0.5, 0.6) is 0 Å². The van der Waals surface area contributed by atoms with E-state index in [0.717, 1.165) is 24.8 Å². The third-order valence-electron chi connectivity index (χ3n) is 4.95. The number of carbonyl (C=O) groups excluding carboxylic acids is 2.